The van der Waals surface area contributed by atoms with Gasteiger partial charge in [0.1, 0.15) is 17.6 Å². The Bertz CT molecular complexity index is 1010. The number of halogens is 3. The van der Waals surface area contributed by atoms with Crippen LogP contribution >= 0.6 is 0 Å². The average Bonchev–Trinajstić information content (AvgIpc) is 2.96. The molecule has 1 atom stereocenters. The summed E-state index contributed by atoms with van der Waals surface area (Å²) in [5.74, 6) is -3.65. The van der Waals surface area contributed by atoms with Crippen LogP contribution in [0.4, 0.5) is 23.7 Å². The van der Waals surface area contributed by atoms with Gasteiger partial charge in [0.05, 0.1) is 17.8 Å². The molecule has 1 N–H and O–H groups in total. The minimum Gasteiger partial charge on any atom is -0.317 e. The van der Waals surface area contributed by atoms with Crippen LogP contribution in [0.5, 0.6) is 0 Å². The molecule has 29 heavy (non-hydrogen) atoms. The standard InChI is InChI=1S/C20H20F3N5O/c1-12-8-17-15(18-20(22,23)6-2-3-7-28(18)26-17)11-27(12)19(29)25-14-4-5-16(21)13(9-14)10-24/h4-5,9,12H,2-3,6-8,11H2,1H3,(H,25,29)/t12-/m1/s1. The Morgan fingerprint density at radius 1 is 1.38 bits per heavy atom. The number of fused-ring (bicyclic) bond motifs is 3. The van der Waals surface area contributed by atoms with Crippen LogP contribution in [0.1, 0.15) is 48.7 Å². The van der Waals surface area contributed by atoms with E-state index in [4.69, 9.17) is 5.26 Å². The number of amides is 2. The molecule has 0 radical (unpaired) electrons. The molecule has 3 heterocycles. The van der Waals surface area contributed by atoms with Gasteiger partial charge in [-0.05, 0) is 38.0 Å². The summed E-state index contributed by atoms with van der Waals surface area (Å²) in [5, 5.41) is 16.0. The van der Waals surface area contributed by atoms with E-state index in [0.29, 0.717) is 37.1 Å². The highest BCUT2D eigenvalue weighted by atomic mass is 19.3. The van der Waals surface area contributed by atoms with Crippen molar-refractivity contribution in [2.45, 2.75) is 57.7 Å². The number of nitriles is 1. The third-order valence-corrected chi connectivity index (χ3v) is 5.54. The molecule has 152 valence electrons. The van der Waals surface area contributed by atoms with Crippen molar-refractivity contribution < 1.29 is 18.0 Å². The second kappa shape index (κ2) is 7.10. The fourth-order valence-corrected chi connectivity index (χ4v) is 4.05. The fourth-order valence-electron chi connectivity index (χ4n) is 4.05. The second-order valence-corrected chi connectivity index (χ2v) is 7.58. The summed E-state index contributed by atoms with van der Waals surface area (Å²) < 4.78 is 44.4. The predicted molar refractivity (Wildman–Crippen MR) is 98.8 cm³/mol. The van der Waals surface area contributed by atoms with Gasteiger partial charge < -0.3 is 10.2 Å². The Morgan fingerprint density at radius 3 is 2.93 bits per heavy atom. The first-order valence-corrected chi connectivity index (χ1v) is 9.54. The van der Waals surface area contributed by atoms with E-state index in [1.807, 2.05) is 6.92 Å². The molecule has 0 spiro atoms. The maximum absolute atomic E-state index is 14.7. The Balaban J connectivity index is 1.61. The fraction of sp³-hybridized carbons (Fsp3) is 0.450. The zero-order valence-electron chi connectivity index (χ0n) is 15.9. The van der Waals surface area contributed by atoms with Crippen molar-refractivity contribution >= 4 is 11.7 Å². The van der Waals surface area contributed by atoms with Crippen molar-refractivity contribution in [3.8, 4) is 6.07 Å². The summed E-state index contributed by atoms with van der Waals surface area (Å²) in [6, 6.07) is 4.69. The van der Waals surface area contributed by atoms with Crippen molar-refractivity contribution in [1.82, 2.24) is 14.7 Å². The predicted octanol–water partition coefficient (Wildman–Crippen LogP) is 4.15. The number of nitrogens with one attached hydrogen (secondary N) is 1. The van der Waals surface area contributed by atoms with Crippen molar-refractivity contribution in [3.63, 3.8) is 0 Å². The van der Waals surface area contributed by atoms with Crippen LogP contribution < -0.4 is 5.32 Å². The molecule has 2 aliphatic heterocycles. The van der Waals surface area contributed by atoms with Gasteiger partial charge in [0.25, 0.3) is 5.92 Å². The number of rotatable bonds is 1. The summed E-state index contributed by atoms with van der Waals surface area (Å²) in [5.41, 5.74) is 1.04. The molecule has 9 heteroatoms. The van der Waals surface area contributed by atoms with E-state index >= 15 is 0 Å². The van der Waals surface area contributed by atoms with Gasteiger partial charge >= 0.3 is 6.03 Å². The van der Waals surface area contributed by atoms with Crippen LogP contribution in [0, 0.1) is 17.1 Å². The molecule has 6 nitrogen and oxygen atoms in total. The van der Waals surface area contributed by atoms with E-state index in [0.717, 1.165) is 6.07 Å². The number of hydrogen-bond acceptors (Lipinski definition) is 3. The summed E-state index contributed by atoms with van der Waals surface area (Å²) in [7, 11) is 0. The molecule has 0 fully saturated rings. The number of carbonyl (C=O) groups is 1. The van der Waals surface area contributed by atoms with Gasteiger partial charge in [0.2, 0.25) is 0 Å². The van der Waals surface area contributed by atoms with Crippen LogP contribution in [-0.2, 0) is 25.4 Å². The highest BCUT2D eigenvalue weighted by Crippen LogP contribution is 2.41. The van der Waals surface area contributed by atoms with Gasteiger partial charge in [-0.2, -0.15) is 19.1 Å². The third kappa shape index (κ3) is 3.43. The molecule has 0 saturated carbocycles. The first-order chi connectivity index (χ1) is 13.8. The second-order valence-electron chi connectivity index (χ2n) is 7.58. The largest absolute Gasteiger partial charge is 0.322 e. The Morgan fingerprint density at radius 2 is 2.17 bits per heavy atom. The monoisotopic (exact) mass is 403 g/mol. The minimum atomic E-state index is -2.97. The normalized spacial score (nSPS) is 20.2. The van der Waals surface area contributed by atoms with Crippen molar-refractivity contribution in [1.29, 1.82) is 5.26 Å². The Hall–Kier alpha value is -3.02. The quantitative estimate of drug-likeness (QED) is 0.777. The van der Waals surface area contributed by atoms with E-state index < -0.39 is 17.8 Å². The molecule has 2 aromatic rings. The SMILES string of the molecule is C[C@@H]1Cc2nn3c(c2CN1C(=O)Nc1ccc(F)c(C#N)c1)C(F)(F)CCCC3. The molecule has 4 rings (SSSR count). The smallest absolute Gasteiger partial charge is 0.317 e. The maximum Gasteiger partial charge on any atom is 0.322 e. The van der Waals surface area contributed by atoms with Gasteiger partial charge in [-0.25, -0.2) is 9.18 Å². The molecule has 0 aliphatic carbocycles. The highest BCUT2D eigenvalue weighted by Gasteiger charge is 2.43. The number of aromatic nitrogens is 2. The number of benzene rings is 1. The summed E-state index contributed by atoms with van der Waals surface area (Å²) in [6.07, 6.45) is 1.23. The average molecular weight is 403 g/mol. The Labute approximate surface area is 165 Å². The van der Waals surface area contributed by atoms with Crippen molar-refractivity contribution in [2.75, 3.05) is 5.32 Å². The number of aryl methyl sites for hydroxylation is 1. The van der Waals surface area contributed by atoms with E-state index in [1.54, 1.807) is 6.07 Å². The molecule has 2 aliphatic rings. The number of anilines is 1. The first kappa shape index (κ1) is 19.3. The third-order valence-electron chi connectivity index (χ3n) is 5.54. The topological polar surface area (TPSA) is 74.0 Å². The zero-order valence-corrected chi connectivity index (χ0v) is 15.9. The van der Waals surface area contributed by atoms with Crippen molar-refractivity contribution in [2.24, 2.45) is 0 Å². The molecule has 1 aromatic heterocycles. The van der Waals surface area contributed by atoms with Gasteiger partial charge in [-0.1, -0.05) is 0 Å². The highest BCUT2D eigenvalue weighted by molar-refractivity contribution is 5.90. The number of hydrogen-bond donors (Lipinski definition) is 1. The van der Waals surface area contributed by atoms with Crippen LogP contribution in [0.3, 0.4) is 0 Å². The minimum absolute atomic E-state index is 0.0273. The molecule has 0 bridgehead atoms. The lowest BCUT2D eigenvalue weighted by Gasteiger charge is -2.33. The lowest BCUT2D eigenvalue weighted by molar-refractivity contribution is -0.0205. The van der Waals surface area contributed by atoms with Crippen LogP contribution in [-0.4, -0.2) is 26.8 Å². The number of nitrogens with zero attached hydrogens (tertiary/aromatic N) is 4. The zero-order chi connectivity index (χ0) is 20.8. The lowest BCUT2D eigenvalue weighted by Crippen LogP contribution is -2.45. The van der Waals surface area contributed by atoms with Gasteiger partial charge in [0, 0.05) is 36.7 Å². The Kier molecular flexibility index (Phi) is 4.73. The van der Waals surface area contributed by atoms with Gasteiger partial charge in [0.15, 0.2) is 0 Å². The van der Waals surface area contributed by atoms with E-state index in [-0.39, 0.29) is 36.0 Å². The molecule has 1 aromatic carbocycles. The van der Waals surface area contributed by atoms with Crippen molar-refractivity contribution in [3.05, 3.63) is 46.5 Å². The summed E-state index contributed by atoms with van der Waals surface area (Å²) in [4.78, 5) is 14.3. The molecular formula is C20H20F3N5O. The summed E-state index contributed by atoms with van der Waals surface area (Å²) in [6.45, 7) is 2.31. The van der Waals surface area contributed by atoms with E-state index in [1.165, 1.54) is 21.7 Å². The number of alkyl halides is 2. The number of urea groups is 1. The molecule has 0 unspecified atom stereocenters. The summed E-state index contributed by atoms with van der Waals surface area (Å²) >= 11 is 0. The maximum atomic E-state index is 14.7. The molecule has 0 saturated heterocycles. The van der Waals surface area contributed by atoms with E-state index in [2.05, 4.69) is 10.4 Å². The molecular weight excluding hydrogens is 383 g/mol. The van der Waals surface area contributed by atoms with Gasteiger partial charge in [-0.15, -0.1) is 0 Å². The van der Waals surface area contributed by atoms with Crippen LogP contribution in [0.2, 0.25) is 0 Å². The molecule has 2 amide bonds. The van der Waals surface area contributed by atoms with E-state index in [9.17, 15) is 18.0 Å². The van der Waals surface area contributed by atoms with Gasteiger partial charge in [-0.3, -0.25) is 4.68 Å². The van der Waals surface area contributed by atoms with Crippen LogP contribution in [0.25, 0.3) is 0 Å². The lowest BCUT2D eigenvalue weighted by atomic mass is 9.96. The number of carbonyl (C=O) groups excluding carboxylic acids is 1. The van der Waals surface area contributed by atoms with Crippen LogP contribution in [0.15, 0.2) is 18.2 Å². The first-order valence-electron chi connectivity index (χ1n) is 9.54.